The summed E-state index contributed by atoms with van der Waals surface area (Å²) in [5, 5.41) is 0. The highest BCUT2D eigenvalue weighted by Crippen LogP contribution is 2.21. The SMILES string of the molecule is CC#Cc1ccc(-c2ccc(COc3ccc(C(=O)OC(C)C)cc3)cc2)cc1. The molecule has 0 aliphatic heterocycles. The van der Waals surface area contributed by atoms with Crippen LogP contribution < -0.4 is 4.74 Å². The summed E-state index contributed by atoms with van der Waals surface area (Å²) < 4.78 is 11.0. The Morgan fingerprint density at radius 3 is 2.00 bits per heavy atom. The van der Waals surface area contributed by atoms with Crippen LogP contribution in [0.4, 0.5) is 0 Å². The van der Waals surface area contributed by atoms with Crippen molar-refractivity contribution in [3.8, 4) is 28.7 Å². The van der Waals surface area contributed by atoms with Crippen LogP contribution in [0.15, 0.2) is 72.8 Å². The predicted molar refractivity (Wildman–Crippen MR) is 116 cm³/mol. The van der Waals surface area contributed by atoms with Crippen LogP contribution in [-0.4, -0.2) is 12.1 Å². The van der Waals surface area contributed by atoms with Gasteiger partial charge in [-0.25, -0.2) is 4.79 Å². The Morgan fingerprint density at radius 1 is 0.862 bits per heavy atom. The van der Waals surface area contributed by atoms with Crippen molar-refractivity contribution in [2.75, 3.05) is 0 Å². The fraction of sp³-hybridized carbons (Fsp3) is 0.192. The average Bonchev–Trinajstić information content (AvgIpc) is 2.73. The van der Waals surface area contributed by atoms with Gasteiger partial charge in [-0.05, 0) is 73.9 Å². The van der Waals surface area contributed by atoms with E-state index >= 15 is 0 Å². The molecule has 0 unspecified atom stereocenters. The number of ether oxygens (including phenoxy) is 2. The topological polar surface area (TPSA) is 35.5 Å². The van der Waals surface area contributed by atoms with Gasteiger partial charge in [-0.3, -0.25) is 0 Å². The van der Waals surface area contributed by atoms with Gasteiger partial charge in [0.15, 0.2) is 0 Å². The van der Waals surface area contributed by atoms with Crippen LogP contribution in [0.5, 0.6) is 5.75 Å². The van der Waals surface area contributed by atoms with Crippen molar-refractivity contribution < 1.29 is 14.3 Å². The molecule has 3 aromatic carbocycles. The molecular formula is C26H24O3. The third-order valence-corrected chi connectivity index (χ3v) is 4.28. The van der Waals surface area contributed by atoms with Crippen molar-refractivity contribution in [3.05, 3.63) is 89.5 Å². The molecule has 0 N–H and O–H groups in total. The largest absolute Gasteiger partial charge is 0.489 e. The zero-order valence-electron chi connectivity index (χ0n) is 16.9. The molecule has 0 radical (unpaired) electrons. The third kappa shape index (κ3) is 5.73. The van der Waals surface area contributed by atoms with Gasteiger partial charge in [-0.2, -0.15) is 0 Å². The van der Waals surface area contributed by atoms with E-state index < -0.39 is 0 Å². The van der Waals surface area contributed by atoms with Gasteiger partial charge in [0.05, 0.1) is 11.7 Å². The Hall–Kier alpha value is -3.51. The first-order chi connectivity index (χ1) is 14.0. The Bertz CT molecular complexity index is 1000. The predicted octanol–water partition coefficient (Wildman–Crippen LogP) is 5.87. The molecule has 3 nitrogen and oxygen atoms in total. The molecule has 0 atom stereocenters. The lowest BCUT2D eigenvalue weighted by Crippen LogP contribution is -2.11. The summed E-state index contributed by atoms with van der Waals surface area (Å²) in [6, 6.07) is 23.5. The van der Waals surface area contributed by atoms with Gasteiger partial charge in [0, 0.05) is 5.56 Å². The van der Waals surface area contributed by atoms with E-state index in [1.807, 2.05) is 32.9 Å². The summed E-state index contributed by atoms with van der Waals surface area (Å²) in [6.45, 7) is 5.96. The Morgan fingerprint density at radius 2 is 1.45 bits per heavy atom. The molecule has 3 aromatic rings. The molecule has 0 aliphatic rings. The first-order valence-electron chi connectivity index (χ1n) is 9.61. The van der Waals surface area contributed by atoms with E-state index in [-0.39, 0.29) is 12.1 Å². The second-order valence-corrected chi connectivity index (χ2v) is 6.92. The van der Waals surface area contributed by atoms with Crippen LogP contribution in [0.3, 0.4) is 0 Å². The quantitative estimate of drug-likeness (QED) is 0.394. The smallest absolute Gasteiger partial charge is 0.338 e. The van der Waals surface area contributed by atoms with Gasteiger partial charge >= 0.3 is 5.97 Å². The molecule has 3 heteroatoms. The first-order valence-corrected chi connectivity index (χ1v) is 9.61. The number of esters is 1. The second-order valence-electron chi connectivity index (χ2n) is 6.92. The summed E-state index contributed by atoms with van der Waals surface area (Å²) in [7, 11) is 0. The molecule has 0 heterocycles. The molecule has 0 spiro atoms. The van der Waals surface area contributed by atoms with Crippen LogP contribution in [-0.2, 0) is 11.3 Å². The third-order valence-electron chi connectivity index (χ3n) is 4.28. The summed E-state index contributed by atoms with van der Waals surface area (Å²) in [5.41, 5.74) is 4.92. The molecule has 3 rings (SSSR count). The molecule has 0 saturated heterocycles. The van der Waals surface area contributed by atoms with E-state index in [0.29, 0.717) is 17.9 Å². The number of carbonyl (C=O) groups is 1. The van der Waals surface area contributed by atoms with Crippen LogP contribution in [0, 0.1) is 11.8 Å². The maximum Gasteiger partial charge on any atom is 0.338 e. The summed E-state index contributed by atoms with van der Waals surface area (Å²) in [5.74, 6) is 6.35. The number of hydrogen-bond donors (Lipinski definition) is 0. The minimum atomic E-state index is -0.322. The van der Waals surface area contributed by atoms with Crippen LogP contribution in [0.1, 0.15) is 42.3 Å². The fourth-order valence-corrected chi connectivity index (χ4v) is 2.82. The minimum absolute atomic E-state index is 0.135. The second kappa shape index (κ2) is 9.61. The van der Waals surface area contributed by atoms with Gasteiger partial charge in [0.2, 0.25) is 0 Å². The lowest BCUT2D eigenvalue weighted by molar-refractivity contribution is 0.0378. The maximum atomic E-state index is 11.9. The highest BCUT2D eigenvalue weighted by Gasteiger charge is 2.09. The lowest BCUT2D eigenvalue weighted by Gasteiger charge is -2.10. The molecule has 0 aromatic heterocycles. The number of carbonyl (C=O) groups excluding carboxylic acids is 1. The maximum absolute atomic E-state index is 11.9. The molecule has 146 valence electrons. The van der Waals surface area contributed by atoms with Crippen molar-refractivity contribution in [3.63, 3.8) is 0 Å². The van der Waals surface area contributed by atoms with E-state index in [9.17, 15) is 4.79 Å². The molecular weight excluding hydrogens is 360 g/mol. The van der Waals surface area contributed by atoms with Gasteiger partial charge in [0.25, 0.3) is 0 Å². The van der Waals surface area contributed by atoms with Crippen LogP contribution in [0.25, 0.3) is 11.1 Å². The number of hydrogen-bond acceptors (Lipinski definition) is 3. The molecule has 0 fully saturated rings. The van der Waals surface area contributed by atoms with E-state index in [1.165, 1.54) is 0 Å². The fourth-order valence-electron chi connectivity index (χ4n) is 2.82. The van der Waals surface area contributed by atoms with Gasteiger partial charge in [-0.15, -0.1) is 5.92 Å². The Balaban J connectivity index is 1.58. The highest BCUT2D eigenvalue weighted by atomic mass is 16.5. The van der Waals surface area contributed by atoms with Crippen LogP contribution in [0.2, 0.25) is 0 Å². The van der Waals surface area contributed by atoms with Crippen molar-refractivity contribution in [2.24, 2.45) is 0 Å². The standard InChI is InChI=1S/C26H24O3/c1-4-5-20-6-10-22(11-7-20)23-12-8-21(9-13-23)18-28-25-16-14-24(15-17-25)26(27)29-19(2)3/h6-17,19H,18H2,1-3H3. The monoisotopic (exact) mass is 384 g/mol. The van der Waals surface area contributed by atoms with E-state index in [4.69, 9.17) is 9.47 Å². The van der Waals surface area contributed by atoms with Crippen molar-refractivity contribution >= 4 is 5.97 Å². The van der Waals surface area contributed by atoms with Gasteiger partial charge in [-0.1, -0.05) is 42.3 Å². The summed E-state index contributed by atoms with van der Waals surface area (Å²) in [4.78, 5) is 11.9. The van der Waals surface area contributed by atoms with E-state index in [2.05, 4.69) is 48.2 Å². The minimum Gasteiger partial charge on any atom is -0.489 e. The van der Waals surface area contributed by atoms with Gasteiger partial charge in [0.1, 0.15) is 12.4 Å². The zero-order valence-corrected chi connectivity index (χ0v) is 16.9. The average molecular weight is 384 g/mol. The van der Waals surface area contributed by atoms with E-state index in [0.717, 1.165) is 22.3 Å². The number of rotatable bonds is 6. The molecule has 0 aliphatic carbocycles. The lowest BCUT2D eigenvalue weighted by atomic mass is 10.0. The highest BCUT2D eigenvalue weighted by molar-refractivity contribution is 5.89. The Labute approximate surface area is 172 Å². The summed E-state index contributed by atoms with van der Waals surface area (Å²) in [6.07, 6.45) is -0.135. The normalized spacial score (nSPS) is 10.2. The molecule has 0 amide bonds. The number of benzene rings is 3. The van der Waals surface area contributed by atoms with Gasteiger partial charge < -0.3 is 9.47 Å². The molecule has 29 heavy (non-hydrogen) atoms. The first kappa shape index (κ1) is 20.2. The van der Waals surface area contributed by atoms with Crippen LogP contribution >= 0.6 is 0 Å². The van der Waals surface area contributed by atoms with Crippen molar-refractivity contribution in [1.82, 2.24) is 0 Å². The van der Waals surface area contributed by atoms with Crippen molar-refractivity contribution in [2.45, 2.75) is 33.5 Å². The zero-order chi connectivity index (χ0) is 20.6. The van der Waals surface area contributed by atoms with E-state index in [1.54, 1.807) is 24.3 Å². The Kier molecular flexibility index (Phi) is 6.71. The van der Waals surface area contributed by atoms with Crippen molar-refractivity contribution in [1.29, 1.82) is 0 Å². The molecule has 0 saturated carbocycles. The molecule has 0 bridgehead atoms. The summed E-state index contributed by atoms with van der Waals surface area (Å²) >= 11 is 0.